The summed E-state index contributed by atoms with van der Waals surface area (Å²) in [5.41, 5.74) is 2.32. The first-order chi connectivity index (χ1) is 18.3. The molecule has 2 heterocycles. The molecule has 200 valence electrons. The Morgan fingerprint density at radius 1 is 0.974 bits per heavy atom. The first-order valence-electron chi connectivity index (χ1n) is 12.8. The molecular formula is C29H33FN4O4. The van der Waals surface area contributed by atoms with E-state index in [1.807, 2.05) is 29.2 Å². The molecule has 1 aliphatic rings. The normalized spacial score (nSPS) is 13.5. The molecule has 1 N–H and O–H groups in total. The fraction of sp³-hybridized carbons (Fsp3) is 0.345. The quantitative estimate of drug-likeness (QED) is 0.452. The molecule has 4 rings (SSSR count). The highest BCUT2D eigenvalue weighted by Crippen LogP contribution is 2.20. The number of furan rings is 1. The van der Waals surface area contributed by atoms with Gasteiger partial charge in [-0.3, -0.25) is 14.4 Å². The zero-order valence-corrected chi connectivity index (χ0v) is 21.7. The summed E-state index contributed by atoms with van der Waals surface area (Å²) in [6.45, 7) is 6.91. The summed E-state index contributed by atoms with van der Waals surface area (Å²) in [7, 11) is 0. The third-order valence-corrected chi connectivity index (χ3v) is 6.37. The van der Waals surface area contributed by atoms with Crippen molar-refractivity contribution < 1.29 is 23.2 Å². The number of hydrogen-bond donors (Lipinski definition) is 1. The molecule has 0 bridgehead atoms. The molecule has 0 atom stereocenters. The van der Waals surface area contributed by atoms with E-state index in [9.17, 15) is 18.8 Å². The fourth-order valence-electron chi connectivity index (χ4n) is 4.39. The molecule has 0 aliphatic carbocycles. The second-order valence-corrected chi connectivity index (χ2v) is 9.83. The number of nitrogens with one attached hydrogen (secondary N) is 1. The molecule has 3 aromatic rings. The number of piperazine rings is 1. The summed E-state index contributed by atoms with van der Waals surface area (Å²) >= 11 is 0. The summed E-state index contributed by atoms with van der Waals surface area (Å²) in [5, 5.41) is 2.84. The third kappa shape index (κ3) is 7.21. The van der Waals surface area contributed by atoms with Gasteiger partial charge in [0.2, 0.25) is 11.8 Å². The molecule has 0 unspecified atom stereocenters. The highest BCUT2D eigenvalue weighted by molar-refractivity contribution is 5.98. The van der Waals surface area contributed by atoms with E-state index in [0.29, 0.717) is 36.7 Å². The van der Waals surface area contributed by atoms with Gasteiger partial charge in [0.05, 0.1) is 6.26 Å². The van der Waals surface area contributed by atoms with E-state index in [4.69, 9.17) is 4.42 Å². The lowest BCUT2D eigenvalue weighted by molar-refractivity contribution is -0.132. The first kappa shape index (κ1) is 26.9. The largest absolute Gasteiger partial charge is 0.459 e. The summed E-state index contributed by atoms with van der Waals surface area (Å²) in [6.07, 6.45) is 1.97. The fourth-order valence-corrected chi connectivity index (χ4v) is 4.39. The second-order valence-electron chi connectivity index (χ2n) is 9.83. The standard InChI is InChI=1S/C29H33FN4O4/c1-21(2)18-28(36)33-15-13-32(14-16-33)25-11-9-24(10-12-25)31-27(35)20-34(29(37)26-4-3-17-38-26)19-22-5-7-23(30)8-6-22/h3-12,17,21H,13-16,18-20H2,1-2H3,(H,31,35). The van der Waals surface area contributed by atoms with Crippen LogP contribution in [0.1, 0.15) is 36.4 Å². The molecule has 1 aliphatic heterocycles. The molecule has 0 saturated carbocycles. The number of benzene rings is 2. The summed E-state index contributed by atoms with van der Waals surface area (Å²) in [4.78, 5) is 43.6. The number of carbonyl (C=O) groups is 3. The Morgan fingerprint density at radius 3 is 2.26 bits per heavy atom. The zero-order chi connectivity index (χ0) is 27.1. The van der Waals surface area contributed by atoms with Crippen LogP contribution in [-0.4, -0.2) is 60.2 Å². The molecule has 38 heavy (non-hydrogen) atoms. The van der Waals surface area contributed by atoms with Crippen LogP contribution < -0.4 is 10.2 Å². The highest BCUT2D eigenvalue weighted by atomic mass is 19.1. The Balaban J connectivity index is 1.34. The van der Waals surface area contributed by atoms with Gasteiger partial charge in [-0.1, -0.05) is 26.0 Å². The maximum absolute atomic E-state index is 13.3. The van der Waals surface area contributed by atoms with Crippen molar-refractivity contribution >= 4 is 29.1 Å². The van der Waals surface area contributed by atoms with Crippen molar-refractivity contribution in [3.05, 3.63) is 84.1 Å². The van der Waals surface area contributed by atoms with E-state index in [2.05, 4.69) is 24.1 Å². The lowest BCUT2D eigenvalue weighted by Gasteiger charge is -2.36. The van der Waals surface area contributed by atoms with Crippen LogP contribution in [0.2, 0.25) is 0 Å². The van der Waals surface area contributed by atoms with Gasteiger partial charge in [0, 0.05) is 50.5 Å². The predicted molar refractivity (Wildman–Crippen MR) is 143 cm³/mol. The number of anilines is 2. The third-order valence-electron chi connectivity index (χ3n) is 6.37. The monoisotopic (exact) mass is 520 g/mol. The topological polar surface area (TPSA) is 86.1 Å². The van der Waals surface area contributed by atoms with Crippen molar-refractivity contribution in [2.24, 2.45) is 5.92 Å². The average Bonchev–Trinajstić information content (AvgIpc) is 3.44. The van der Waals surface area contributed by atoms with Crippen molar-refractivity contribution in [1.82, 2.24) is 9.80 Å². The molecule has 2 aromatic carbocycles. The maximum atomic E-state index is 13.3. The van der Waals surface area contributed by atoms with E-state index in [1.54, 1.807) is 18.2 Å². The molecule has 8 nitrogen and oxygen atoms in total. The Kier molecular flexibility index (Phi) is 8.78. The lowest BCUT2D eigenvalue weighted by atomic mass is 10.1. The zero-order valence-electron chi connectivity index (χ0n) is 21.7. The van der Waals surface area contributed by atoms with E-state index < -0.39 is 5.91 Å². The van der Waals surface area contributed by atoms with Crippen LogP contribution in [0.5, 0.6) is 0 Å². The highest BCUT2D eigenvalue weighted by Gasteiger charge is 2.23. The number of rotatable bonds is 9. The van der Waals surface area contributed by atoms with Crippen LogP contribution in [0.15, 0.2) is 71.3 Å². The molecule has 1 aromatic heterocycles. The molecule has 9 heteroatoms. The Morgan fingerprint density at radius 2 is 1.66 bits per heavy atom. The van der Waals surface area contributed by atoms with Crippen LogP contribution >= 0.6 is 0 Å². The number of hydrogen-bond acceptors (Lipinski definition) is 5. The van der Waals surface area contributed by atoms with Gasteiger partial charge in [0.25, 0.3) is 5.91 Å². The van der Waals surface area contributed by atoms with Crippen molar-refractivity contribution in [2.45, 2.75) is 26.8 Å². The predicted octanol–water partition coefficient (Wildman–Crippen LogP) is 4.39. The number of nitrogens with zero attached hydrogens (tertiary/aromatic N) is 3. The molecule has 1 fully saturated rings. The van der Waals surface area contributed by atoms with Gasteiger partial charge < -0.3 is 24.4 Å². The molecule has 0 spiro atoms. The van der Waals surface area contributed by atoms with Crippen molar-refractivity contribution in [3.8, 4) is 0 Å². The Hall–Kier alpha value is -4.14. The smallest absolute Gasteiger partial charge is 0.290 e. The van der Waals surface area contributed by atoms with Crippen molar-refractivity contribution in [2.75, 3.05) is 42.9 Å². The Bertz CT molecular complexity index is 1220. The van der Waals surface area contributed by atoms with Gasteiger partial charge in [-0.25, -0.2) is 4.39 Å². The van der Waals surface area contributed by atoms with Crippen LogP contribution in [0.4, 0.5) is 15.8 Å². The number of halogens is 1. The minimum absolute atomic E-state index is 0.121. The molecular weight excluding hydrogens is 487 g/mol. The number of amides is 3. The lowest BCUT2D eigenvalue weighted by Crippen LogP contribution is -2.49. The molecule has 0 radical (unpaired) electrons. The average molecular weight is 521 g/mol. The van der Waals surface area contributed by atoms with E-state index in [0.717, 1.165) is 18.8 Å². The van der Waals surface area contributed by atoms with Crippen LogP contribution in [0.25, 0.3) is 0 Å². The van der Waals surface area contributed by atoms with Gasteiger partial charge in [-0.15, -0.1) is 0 Å². The van der Waals surface area contributed by atoms with Gasteiger partial charge >= 0.3 is 0 Å². The summed E-state index contributed by atoms with van der Waals surface area (Å²) < 4.78 is 18.5. The van der Waals surface area contributed by atoms with Crippen molar-refractivity contribution in [3.63, 3.8) is 0 Å². The van der Waals surface area contributed by atoms with Crippen LogP contribution in [0, 0.1) is 11.7 Å². The summed E-state index contributed by atoms with van der Waals surface area (Å²) in [5.74, 6) is -0.498. The molecule has 1 saturated heterocycles. The first-order valence-corrected chi connectivity index (χ1v) is 12.8. The van der Waals surface area contributed by atoms with E-state index in [1.165, 1.54) is 29.4 Å². The van der Waals surface area contributed by atoms with Gasteiger partial charge in [-0.2, -0.15) is 0 Å². The van der Waals surface area contributed by atoms with Gasteiger partial charge in [0.15, 0.2) is 5.76 Å². The van der Waals surface area contributed by atoms with Crippen LogP contribution in [0.3, 0.4) is 0 Å². The van der Waals surface area contributed by atoms with Gasteiger partial charge in [0.1, 0.15) is 12.4 Å². The SMILES string of the molecule is CC(C)CC(=O)N1CCN(c2ccc(NC(=O)CN(Cc3ccc(F)cc3)C(=O)c3ccco3)cc2)CC1. The minimum atomic E-state index is -0.434. The molecule has 3 amide bonds. The number of carbonyl (C=O) groups excluding carboxylic acids is 3. The second kappa shape index (κ2) is 12.4. The summed E-state index contributed by atoms with van der Waals surface area (Å²) in [6, 6.07) is 16.4. The van der Waals surface area contributed by atoms with Crippen molar-refractivity contribution in [1.29, 1.82) is 0 Å². The van der Waals surface area contributed by atoms with Gasteiger partial charge in [-0.05, 0) is 60.0 Å². The minimum Gasteiger partial charge on any atom is -0.459 e. The maximum Gasteiger partial charge on any atom is 0.290 e. The van der Waals surface area contributed by atoms with E-state index >= 15 is 0 Å². The van der Waals surface area contributed by atoms with E-state index in [-0.39, 0.29) is 36.5 Å². The Labute approximate surface area is 222 Å². The van der Waals surface area contributed by atoms with Crippen LogP contribution in [-0.2, 0) is 16.1 Å².